The van der Waals surface area contributed by atoms with E-state index in [0.717, 1.165) is 38.0 Å². The summed E-state index contributed by atoms with van der Waals surface area (Å²) in [5.74, 6) is 1.71. The smallest absolute Gasteiger partial charge is 0.191 e. The van der Waals surface area contributed by atoms with Gasteiger partial charge in [0.25, 0.3) is 0 Å². The maximum atomic E-state index is 5.32. The fourth-order valence-corrected chi connectivity index (χ4v) is 4.06. The first-order valence-corrected chi connectivity index (χ1v) is 9.37. The minimum atomic E-state index is 0. The molecule has 1 atom stereocenters. The van der Waals surface area contributed by atoms with Crippen LogP contribution in [0.2, 0.25) is 0 Å². The second kappa shape index (κ2) is 11.5. The van der Waals surface area contributed by atoms with Gasteiger partial charge in [0.15, 0.2) is 5.96 Å². The van der Waals surface area contributed by atoms with Crippen LogP contribution in [0.4, 0.5) is 0 Å². The molecule has 24 heavy (non-hydrogen) atoms. The van der Waals surface area contributed by atoms with E-state index in [4.69, 9.17) is 4.74 Å². The molecule has 2 N–H and O–H groups in total. The summed E-state index contributed by atoms with van der Waals surface area (Å²) in [5.41, 5.74) is 0.403. The van der Waals surface area contributed by atoms with Gasteiger partial charge in [-0.05, 0) is 50.1 Å². The molecule has 1 aliphatic carbocycles. The second-order valence-electron chi connectivity index (χ2n) is 7.30. The molecule has 142 valence electrons. The molecule has 1 saturated heterocycles. The van der Waals surface area contributed by atoms with Gasteiger partial charge in [-0.2, -0.15) is 0 Å². The van der Waals surface area contributed by atoms with Gasteiger partial charge in [0.1, 0.15) is 0 Å². The third-order valence-corrected chi connectivity index (χ3v) is 5.73. The molecule has 0 aromatic carbocycles. The van der Waals surface area contributed by atoms with Crippen molar-refractivity contribution >= 4 is 29.9 Å². The van der Waals surface area contributed by atoms with Crippen LogP contribution < -0.4 is 10.6 Å². The van der Waals surface area contributed by atoms with Crippen LogP contribution in [0.3, 0.4) is 0 Å². The second-order valence-corrected chi connectivity index (χ2v) is 7.30. The molecule has 1 unspecified atom stereocenters. The van der Waals surface area contributed by atoms with E-state index >= 15 is 0 Å². The number of guanidine groups is 1. The van der Waals surface area contributed by atoms with Crippen LogP contribution in [0.15, 0.2) is 4.99 Å². The summed E-state index contributed by atoms with van der Waals surface area (Å²) in [7, 11) is 3.68. The zero-order chi connectivity index (χ0) is 16.5. The molecule has 2 aliphatic rings. The fourth-order valence-electron chi connectivity index (χ4n) is 4.06. The Morgan fingerprint density at radius 1 is 1.29 bits per heavy atom. The van der Waals surface area contributed by atoms with Gasteiger partial charge in [-0.25, -0.2) is 0 Å². The predicted molar refractivity (Wildman–Crippen MR) is 112 cm³/mol. The van der Waals surface area contributed by atoms with Crippen molar-refractivity contribution in [1.82, 2.24) is 15.5 Å². The molecule has 2 fully saturated rings. The summed E-state index contributed by atoms with van der Waals surface area (Å²) in [6.07, 6.45) is 7.79. The molecule has 0 radical (unpaired) electrons. The van der Waals surface area contributed by atoms with E-state index in [9.17, 15) is 0 Å². The minimum absolute atomic E-state index is 0. The molecule has 6 heteroatoms. The van der Waals surface area contributed by atoms with Crippen LogP contribution in [-0.4, -0.2) is 64.3 Å². The Balaban J connectivity index is 0.00000288. The Labute approximate surface area is 165 Å². The van der Waals surface area contributed by atoms with Gasteiger partial charge in [-0.1, -0.05) is 19.8 Å². The molecule has 0 aromatic heterocycles. The lowest BCUT2D eigenvalue weighted by atomic mass is 9.83. The zero-order valence-corrected chi connectivity index (χ0v) is 18.1. The molecular weight excluding hydrogens is 415 g/mol. The van der Waals surface area contributed by atoms with Gasteiger partial charge >= 0.3 is 0 Å². The van der Waals surface area contributed by atoms with Gasteiger partial charge in [-0.3, -0.25) is 4.99 Å². The average Bonchev–Trinajstić information content (AvgIpc) is 3.23. The highest BCUT2D eigenvalue weighted by atomic mass is 127. The number of hydrogen-bond acceptors (Lipinski definition) is 3. The van der Waals surface area contributed by atoms with Crippen molar-refractivity contribution in [2.45, 2.75) is 45.4 Å². The van der Waals surface area contributed by atoms with Crippen LogP contribution >= 0.6 is 24.0 Å². The normalized spacial score (nSPS) is 24.0. The largest absolute Gasteiger partial charge is 0.385 e. The zero-order valence-electron chi connectivity index (χ0n) is 15.8. The lowest BCUT2D eigenvalue weighted by Gasteiger charge is -2.30. The minimum Gasteiger partial charge on any atom is -0.385 e. The van der Waals surface area contributed by atoms with E-state index in [-0.39, 0.29) is 24.0 Å². The average molecular weight is 452 g/mol. The highest BCUT2D eigenvalue weighted by Crippen LogP contribution is 2.40. The SMILES string of the molecule is CCN1CCC(CNC(=NC)NCC2(CCOC)CCCC2)C1.I. The number of aliphatic imine (C=N–C) groups is 1. The lowest BCUT2D eigenvalue weighted by Crippen LogP contribution is -2.44. The maximum absolute atomic E-state index is 5.32. The van der Waals surface area contributed by atoms with Gasteiger partial charge in [0, 0.05) is 40.4 Å². The number of nitrogens with one attached hydrogen (secondary N) is 2. The number of halogens is 1. The van der Waals surface area contributed by atoms with E-state index in [0.29, 0.717) is 5.41 Å². The lowest BCUT2D eigenvalue weighted by molar-refractivity contribution is 0.138. The van der Waals surface area contributed by atoms with E-state index in [1.807, 2.05) is 7.05 Å². The molecule has 1 heterocycles. The summed E-state index contributed by atoms with van der Waals surface area (Å²) in [6.45, 7) is 8.79. The van der Waals surface area contributed by atoms with Gasteiger partial charge in [-0.15, -0.1) is 24.0 Å². The molecular formula is C18H37IN4O. The molecule has 1 aliphatic heterocycles. The monoisotopic (exact) mass is 452 g/mol. The van der Waals surface area contributed by atoms with Crippen LogP contribution in [0, 0.1) is 11.3 Å². The Morgan fingerprint density at radius 2 is 2.04 bits per heavy atom. The fraction of sp³-hybridized carbons (Fsp3) is 0.944. The predicted octanol–water partition coefficient (Wildman–Crippen LogP) is 2.71. The van der Waals surface area contributed by atoms with Gasteiger partial charge in [0.05, 0.1) is 0 Å². The first kappa shape index (κ1) is 22.0. The van der Waals surface area contributed by atoms with Gasteiger partial charge < -0.3 is 20.3 Å². The van der Waals surface area contributed by atoms with E-state index in [1.54, 1.807) is 7.11 Å². The van der Waals surface area contributed by atoms with Crippen LogP contribution in [0.5, 0.6) is 0 Å². The van der Waals surface area contributed by atoms with Gasteiger partial charge in [0.2, 0.25) is 0 Å². The number of nitrogens with zero attached hydrogens (tertiary/aromatic N) is 2. The first-order chi connectivity index (χ1) is 11.2. The van der Waals surface area contributed by atoms with Crippen LogP contribution in [0.25, 0.3) is 0 Å². The highest BCUT2D eigenvalue weighted by molar-refractivity contribution is 14.0. The number of methoxy groups -OCH3 is 1. The summed E-state index contributed by atoms with van der Waals surface area (Å²) >= 11 is 0. The standard InChI is InChI=1S/C18H36N4O.HI/c1-4-22-11-7-16(14-22)13-20-17(19-2)21-15-18(10-12-23-3)8-5-6-9-18;/h16H,4-15H2,1-3H3,(H2,19,20,21);1H. The summed E-state index contributed by atoms with van der Waals surface area (Å²) in [6, 6.07) is 0. The Hall–Kier alpha value is -0.0800. The van der Waals surface area contributed by atoms with Crippen molar-refractivity contribution in [3.8, 4) is 0 Å². The Morgan fingerprint density at radius 3 is 2.62 bits per heavy atom. The van der Waals surface area contributed by atoms with Crippen molar-refractivity contribution in [2.24, 2.45) is 16.3 Å². The number of ether oxygens (including phenoxy) is 1. The van der Waals surface area contributed by atoms with Crippen molar-refractivity contribution in [2.75, 3.05) is 53.5 Å². The third kappa shape index (κ3) is 6.67. The van der Waals surface area contributed by atoms with Crippen molar-refractivity contribution in [3.05, 3.63) is 0 Å². The number of hydrogen-bond donors (Lipinski definition) is 2. The first-order valence-electron chi connectivity index (χ1n) is 9.37. The Kier molecular flexibility index (Phi) is 10.5. The molecule has 0 aromatic rings. The summed E-state index contributed by atoms with van der Waals surface area (Å²) < 4.78 is 5.32. The van der Waals surface area contributed by atoms with Crippen molar-refractivity contribution in [1.29, 1.82) is 0 Å². The molecule has 0 bridgehead atoms. The van der Waals surface area contributed by atoms with E-state index < -0.39 is 0 Å². The van der Waals surface area contributed by atoms with E-state index in [1.165, 1.54) is 51.7 Å². The van der Waals surface area contributed by atoms with E-state index in [2.05, 4.69) is 27.4 Å². The molecule has 1 saturated carbocycles. The number of rotatable bonds is 8. The van der Waals surface area contributed by atoms with Crippen LogP contribution in [-0.2, 0) is 4.74 Å². The number of likely N-dealkylation sites (tertiary alicyclic amines) is 1. The molecule has 2 rings (SSSR count). The maximum Gasteiger partial charge on any atom is 0.191 e. The summed E-state index contributed by atoms with van der Waals surface area (Å²) in [4.78, 5) is 6.94. The van der Waals surface area contributed by atoms with Crippen molar-refractivity contribution in [3.63, 3.8) is 0 Å². The third-order valence-electron chi connectivity index (χ3n) is 5.73. The molecule has 5 nitrogen and oxygen atoms in total. The van der Waals surface area contributed by atoms with Crippen molar-refractivity contribution < 1.29 is 4.74 Å². The molecule has 0 spiro atoms. The quantitative estimate of drug-likeness (QED) is 0.338. The molecule has 0 amide bonds. The topological polar surface area (TPSA) is 48.9 Å². The van der Waals surface area contributed by atoms with Crippen LogP contribution in [0.1, 0.15) is 45.4 Å². The Bertz CT molecular complexity index is 372. The summed E-state index contributed by atoms with van der Waals surface area (Å²) in [5, 5.41) is 7.11. The highest BCUT2D eigenvalue weighted by Gasteiger charge is 2.33.